The Morgan fingerprint density at radius 2 is 2.40 bits per heavy atom. The quantitative estimate of drug-likeness (QED) is 0.801. The zero-order valence-corrected chi connectivity index (χ0v) is 9.29. The van der Waals surface area contributed by atoms with Gasteiger partial charge in [-0.2, -0.15) is 4.98 Å². The summed E-state index contributed by atoms with van der Waals surface area (Å²) in [5.41, 5.74) is 1.11. The summed E-state index contributed by atoms with van der Waals surface area (Å²) in [5.74, 6) is 1.69. The lowest BCUT2D eigenvalue weighted by Gasteiger charge is -2.21. The Hall–Kier alpha value is -1.45. The van der Waals surface area contributed by atoms with E-state index in [1.807, 2.05) is 12.1 Å². The van der Waals surface area contributed by atoms with Gasteiger partial charge in [0.05, 0.1) is 12.8 Å². The van der Waals surface area contributed by atoms with E-state index < -0.39 is 0 Å². The number of ether oxygens (including phenoxy) is 1. The molecule has 1 N–H and O–H groups in total. The summed E-state index contributed by atoms with van der Waals surface area (Å²) in [6, 6.07) is 3.93. The molecule has 1 aromatic rings. The fourth-order valence-electron chi connectivity index (χ4n) is 1.83. The molecule has 4 nitrogen and oxygen atoms in total. The van der Waals surface area contributed by atoms with Crippen molar-refractivity contribution in [3.05, 3.63) is 12.1 Å². The van der Waals surface area contributed by atoms with Crippen LogP contribution in [-0.2, 0) is 0 Å². The molecule has 0 saturated heterocycles. The second kappa shape index (κ2) is 4.38. The summed E-state index contributed by atoms with van der Waals surface area (Å²) in [4.78, 5) is 6.76. The normalized spacial score (nSPS) is 15.2. The Morgan fingerprint density at radius 1 is 1.53 bits per heavy atom. The fraction of sp³-hybridized carbons (Fsp3) is 0.545. The lowest BCUT2D eigenvalue weighted by molar-refractivity contribution is 0.398. The number of hydrogen-bond donors (Lipinski definition) is 1. The topological polar surface area (TPSA) is 37.4 Å². The summed E-state index contributed by atoms with van der Waals surface area (Å²) in [5, 5.41) is 3.38. The van der Waals surface area contributed by atoms with E-state index in [1.165, 1.54) is 0 Å². The minimum Gasteiger partial charge on any atom is -0.481 e. The number of nitrogens with zero attached hydrogens (tertiary/aromatic N) is 2. The van der Waals surface area contributed by atoms with Gasteiger partial charge in [-0.05, 0) is 19.4 Å². The Kier molecular flexibility index (Phi) is 2.94. The largest absolute Gasteiger partial charge is 0.481 e. The first kappa shape index (κ1) is 10.1. The zero-order valence-electron chi connectivity index (χ0n) is 9.29. The maximum absolute atomic E-state index is 5.15. The zero-order chi connectivity index (χ0) is 10.7. The monoisotopic (exact) mass is 207 g/mol. The summed E-state index contributed by atoms with van der Waals surface area (Å²) in [6.07, 6.45) is 1.15. The molecule has 0 bridgehead atoms. The number of aromatic nitrogens is 1. The second-order valence-corrected chi connectivity index (χ2v) is 3.58. The van der Waals surface area contributed by atoms with Crippen LogP contribution in [0, 0.1) is 0 Å². The van der Waals surface area contributed by atoms with Gasteiger partial charge in [-0.15, -0.1) is 0 Å². The van der Waals surface area contributed by atoms with Crippen molar-refractivity contribution >= 4 is 11.5 Å². The number of rotatable bonds is 2. The Morgan fingerprint density at radius 3 is 3.13 bits per heavy atom. The molecule has 0 fully saturated rings. The van der Waals surface area contributed by atoms with Crippen LogP contribution in [0.3, 0.4) is 0 Å². The van der Waals surface area contributed by atoms with Gasteiger partial charge in [-0.3, -0.25) is 0 Å². The Labute approximate surface area is 90.3 Å². The molecule has 0 aliphatic carbocycles. The van der Waals surface area contributed by atoms with Crippen LogP contribution >= 0.6 is 0 Å². The van der Waals surface area contributed by atoms with Crippen LogP contribution in [0.15, 0.2) is 12.1 Å². The molecule has 0 atom stereocenters. The molecule has 1 aliphatic heterocycles. The van der Waals surface area contributed by atoms with Crippen LogP contribution in [0.5, 0.6) is 5.88 Å². The van der Waals surface area contributed by atoms with Crippen LogP contribution in [0.1, 0.15) is 13.3 Å². The van der Waals surface area contributed by atoms with Crippen molar-refractivity contribution in [1.82, 2.24) is 4.98 Å². The van der Waals surface area contributed by atoms with Crippen molar-refractivity contribution in [1.29, 1.82) is 0 Å². The fourth-order valence-corrected chi connectivity index (χ4v) is 1.83. The van der Waals surface area contributed by atoms with Crippen LogP contribution < -0.4 is 15.0 Å². The van der Waals surface area contributed by atoms with Gasteiger partial charge in [0.15, 0.2) is 5.82 Å². The number of anilines is 2. The van der Waals surface area contributed by atoms with Crippen LogP contribution in [-0.4, -0.2) is 31.7 Å². The minimum atomic E-state index is 0.677. The van der Waals surface area contributed by atoms with E-state index in [9.17, 15) is 0 Å². The van der Waals surface area contributed by atoms with Gasteiger partial charge in [0, 0.05) is 25.7 Å². The maximum Gasteiger partial charge on any atom is 0.215 e. The molecule has 0 aromatic carbocycles. The summed E-state index contributed by atoms with van der Waals surface area (Å²) in [7, 11) is 1.65. The molecule has 82 valence electrons. The molecular formula is C11H17N3O. The third-order valence-corrected chi connectivity index (χ3v) is 2.66. The molecular weight excluding hydrogens is 190 g/mol. The van der Waals surface area contributed by atoms with Gasteiger partial charge < -0.3 is 15.0 Å². The van der Waals surface area contributed by atoms with Crippen molar-refractivity contribution in [2.24, 2.45) is 0 Å². The van der Waals surface area contributed by atoms with Crippen LogP contribution in [0.4, 0.5) is 11.5 Å². The molecule has 1 aliphatic rings. The molecule has 2 rings (SSSR count). The Bertz CT molecular complexity index is 341. The maximum atomic E-state index is 5.15. The smallest absolute Gasteiger partial charge is 0.215 e. The highest BCUT2D eigenvalue weighted by Gasteiger charge is 2.15. The van der Waals surface area contributed by atoms with Crippen molar-refractivity contribution in [2.45, 2.75) is 13.3 Å². The van der Waals surface area contributed by atoms with Crippen molar-refractivity contribution in [3.8, 4) is 5.88 Å². The van der Waals surface area contributed by atoms with Gasteiger partial charge in [0.1, 0.15) is 0 Å². The molecule has 0 unspecified atom stereocenters. The summed E-state index contributed by atoms with van der Waals surface area (Å²) in [6.45, 7) is 5.19. The average molecular weight is 207 g/mol. The molecule has 0 spiro atoms. The lowest BCUT2D eigenvalue weighted by Crippen LogP contribution is -2.24. The van der Waals surface area contributed by atoms with E-state index in [4.69, 9.17) is 4.74 Å². The average Bonchev–Trinajstić information content (AvgIpc) is 2.49. The first-order chi connectivity index (χ1) is 7.35. The summed E-state index contributed by atoms with van der Waals surface area (Å²) < 4.78 is 5.15. The van der Waals surface area contributed by atoms with Gasteiger partial charge in [0.25, 0.3) is 0 Å². The van der Waals surface area contributed by atoms with E-state index in [1.54, 1.807) is 7.11 Å². The third kappa shape index (κ3) is 1.98. The first-order valence-corrected chi connectivity index (χ1v) is 5.39. The van der Waals surface area contributed by atoms with Crippen LogP contribution in [0.25, 0.3) is 0 Å². The van der Waals surface area contributed by atoms with E-state index in [0.717, 1.165) is 37.6 Å². The molecule has 0 radical (unpaired) electrons. The van der Waals surface area contributed by atoms with Crippen molar-refractivity contribution in [3.63, 3.8) is 0 Å². The molecule has 0 saturated carbocycles. The highest BCUT2D eigenvalue weighted by molar-refractivity contribution is 5.67. The van der Waals surface area contributed by atoms with E-state index in [-0.39, 0.29) is 0 Å². The highest BCUT2D eigenvalue weighted by atomic mass is 16.5. The number of pyridine rings is 1. The molecule has 0 amide bonds. The first-order valence-electron chi connectivity index (χ1n) is 5.39. The van der Waals surface area contributed by atoms with E-state index >= 15 is 0 Å². The lowest BCUT2D eigenvalue weighted by atomic mass is 10.3. The highest BCUT2D eigenvalue weighted by Crippen LogP contribution is 2.28. The minimum absolute atomic E-state index is 0.677. The number of nitrogens with one attached hydrogen (secondary N) is 1. The SMILES string of the molecule is CCN1CCCNc2ccc(OC)nc21. The van der Waals surface area contributed by atoms with Gasteiger partial charge in [-0.25, -0.2) is 0 Å². The number of methoxy groups -OCH3 is 1. The Balaban J connectivity index is 2.38. The summed E-state index contributed by atoms with van der Waals surface area (Å²) >= 11 is 0. The molecule has 2 heterocycles. The standard InChI is InChI=1S/C11H17N3O/c1-3-14-8-4-7-12-9-5-6-10(15-2)13-11(9)14/h5-6,12H,3-4,7-8H2,1-2H3. The molecule has 4 heteroatoms. The van der Waals surface area contributed by atoms with E-state index in [2.05, 4.69) is 22.1 Å². The van der Waals surface area contributed by atoms with E-state index in [0.29, 0.717) is 5.88 Å². The third-order valence-electron chi connectivity index (χ3n) is 2.66. The molecule has 1 aromatic heterocycles. The van der Waals surface area contributed by atoms with Crippen LogP contribution in [0.2, 0.25) is 0 Å². The predicted octanol–water partition coefficient (Wildman–Crippen LogP) is 1.73. The van der Waals surface area contributed by atoms with Crippen molar-refractivity contribution < 1.29 is 4.74 Å². The second-order valence-electron chi connectivity index (χ2n) is 3.58. The van der Waals surface area contributed by atoms with Gasteiger partial charge >= 0.3 is 0 Å². The number of fused-ring (bicyclic) bond motifs is 1. The van der Waals surface area contributed by atoms with Crippen molar-refractivity contribution in [2.75, 3.05) is 37.0 Å². The molecule has 15 heavy (non-hydrogen) atoms. The number of hydrogen-bond acceptors (Lipinski definition) is 4. The predicted molar refractivity (Wildman–Crippen MR) is 61.8 cm³/mol. The van der Waals surface area contributed by atoms with Gasteiger partial charge in [0.2, 0.25) is 5.88 Å². The van der Waals surface area contributed by atoms with Gasteiger partial charge in [-0.1, -0.05) is 0 Å².